The standard InChI is InChI=1S/C15H10ClF3N4O2/c1-7-5-10-11(24-7)12(16)22-23-13(20-21-14(10)23)8-3-2-4-9(6-8)25-15(17,18)19/h2-4,6-7H,5H2,1H3. The maximum atomic E-state index is 12.4. The lowest BCUT2D eigenvalue weighted by Gasteiger charge is -2.09. The van der Waals surface area contributed by atoms with Gasteiger partial charge in [-0.25, -0.2) is 0 Å². The van der Waals surface area contributed by atoms with Crippen molar-refractivity contribution in [2.24, 2.45) is 0 Å². The fraction of sp³-hybridized carbons (Fsp3) is 0.267. The van der Waals surface area contributed by atoms with Gasteiger partial charge in [0.15, 0.2) is 22.4 Å². The first kappa shape index (κ1) is 15.9. The number of ether oxygens (including phenoxy) is 2. The van der Waals surface area contributed by atoms with Gasteiger partial charge in [0.1, 0.15) is 11.9 Å². The maximum absolute atomic E-state index is 12.4. The first-order valence-electron chi connectivity index (χ1n) is 7.28. The van der Waals surface area contributed by atoms with Crippen LogP contribution in [-0.4, -0.2) is 32.3 Å². The molecule has 25 heavy (non-hydrogen) atoms. The zero-order valence-corrected chi connectivity index (χ0v) is 13.5. The minimum absolute atomic E-state index is 0.0656. The van der Waals surface area contributed by atoms with E-state index >= 15 is 0 Å². The summed E-state index contributed by atoms with van der Waals surface area (Å²) >= 11 is 6.16. The number of halogens is 4. The van der Waals surface area contributed by atoms with Crippen molar-refractivity contribution in [3.8, 4) is 22.9 Å². The van der Waals surface area contributed by atoms with E-state index in [-0.39, 0.29) is 22.8 Å². The predicted octanol–water partition coefficient (Wildman–Crippen LogP) is 3.67. The van der Waals surface area contributed by atoms with E-state index in [1.54, 1.807) is 6.07 Å². The van der Waals surface area contributed by atoms with Crippen LogP contribution in [-0.2, 0) is 6.42 Å². The van der Waals surface area contributed by atoms with Gasteiger partial charge < -0.3 is 9.47 Å². The number of alkyl halides is 3. The lowest BCUT2D eigenvalue weighted by atomic mass is 10.1. The van der Waals surface area contributed by atoms with E-state index in [2.05, 4.69) is 20.0 Å². The SMILES string of the molecule is CC1Cc2c(c(Cl)nn3c(-c4cccc(OC(F)(F)F)c4)nnc23)O1. The van der Waals surface area contributed by atoms with Gasteiger partial charge in [-0.1, -0.05) is 23.7 Å². The van der Waals surface area contributed by atoms with Gasteiger partial charge in [0.2, 0.25) is 0 Å². The number of fused-ring (bicyclic) bond motifs is 3. The number of benzene rings is 1. The highest BCUT2D eigenvalue weighted by molar-refractivity contribution is 6.31. The van der Waals surface area contributed by atoms with Crippen LogP contribution in [0.5, 0.6) is 11.5 Å². The van der Waals surface area contributed by atoms with Gasteiger partial charge in [-0.15, -0.1) is 28.5 Å². The molecule has 6 nitrogen and oxygen atoms in total. The Kier molecular flexibility index (Phi) is 3.50. The summed E-state index contributed by atoms with van der Waals surface area (Å²) in [6.45, 7) is 1.89. The molecule has 0 aliphatic carbocycles. The number of rotatable bonds is 2. The summed E-state index contributed by atoms with van der Waals surface area (Å²) in [5.41, 5.74) is 1.60. The van der Waals surface area contributed by atoms with Crippen molar-refractivity contribution in [3.63, 3.8) is 0 Å². The average molecular weight is 371 g/mol. The Morgan fingerprint density at radius 3 is 2.88 bits per heavy atom. The highest BCUT2D eigenvalue weighted by atomic mass is 35.5. The quantitative estimate of drug-likeness (QED) is 0.689. The first-order valence-corrected chi connectivity index (χ1v) is 7.66. The molecule has 1 atom stereocenters. The number of hydrogen-bond acceptors (Lipinski definition) is 5. The summed E-state index contributed by atoms with van der Waals surface area (Å²) in [6.07, 6.45) is -4.25. The second-order valence-electron chi connectivity index (χ2n) is 5.57. The van der Waals surface area contributed by atoms with Gasteiger partial charge in [0.25, 0.3) is 0 Å². The van der Waals surface area contributed by atoms with Gasteiger partial charge in [-0.05, 0) is 19.1 Å². The lowest BCUT2D eigenvalue weighted by Crippen LogP contribution is -2.17. The molecule has 3 aromatic rings. The minimum Gasteiger partial charge on any atom is -0.487 e. The zero-order valence-electron chi connectivity index (χ0n) is 12.7. The molecule has 0 N–H and O–H groups in total. The molecule has 1 aliphatic rings. The van der Waals surface area contributed by atoms with E-state index in [1.165, 1.54) is 22.7 Å². The Morgan fingerprint density at radius 1 is 1.32 bits per heavy atom. The van der Waals surface area contributed by atoms with Gasteiger partial charge in [-0.2, -0.15) is 4.52 Å². The third-order valence-electron chi connectivity index (χ3n) is 3.70. The molecule has 0 amide bonds. The minimum atomic E-state index is -4.78. The van der Waals surface area contributed by atoms with Crippen LogP contribution < -0.4 is 9.47 Å². The molecule has 0 saturated heterocycles. The molecule has 2 aromatic heterocycles. The Labute approximate surface area is 144 Å². The van der Waals surface area contributed by atoms with Crippen LogP contribution in [0.4, 0.5) is 13.2 Å². The van der Waals surface area contributed by atoms with Crippen LogP contribution in [0.25, 0.3) is 17.0 Å². The van der Waals surface area contributed by atoms with Crippen LogP contribution in [0.3, 0.4) is 0 Å². The molecule has 0 radical (unpaired) electrons. The van der Waals surface area contributed by atoms with Crippen LogP contribution in [0, 0.1) is 0 Å². The molecular formula is C15H10ClF3N4O2. The van der Waals surface area contributed by atoms with Crippen molar-refractivity contribution in [2.75, 3.05) is 0 Å². The molecule has 10 heteroatoms. The molecule has 130 valence electrons. The van der Waals surface area contributed by atoms with Crippen molar-refractivity contribution >= 4 is 17.2 Å². The topological polar surface area (TPSA) is 61.5 Å². The normalized spacial score (nSPS) is 16.8. The van der Waals surface area contributed by atoms with Crippen molar-refractivity contribution in [1.29, 1.82) is 0 Å². The van der Waals surface area contributed by atoms with Gasteiger partial charge in [0, 0.05) is 17.5 Å². The summed E-state index contributed by atoms with van der Waals surface area (Å²) in [6, 6.07) is 5.43. The largest absolute Gasteiger partial charge is 0.573 e. The molecule has 1 aromatic carbocycles. The van der Waals surface area contributed by atoms with E-state index < -0.39 is 6.36 Å². The number of nitrogens with zero attached hydrogens (tertiary/aromatic N) is 4. The van der Waals surface area contributed by atoms with Crippen LogP contribution in [0.15, 0.2) is 24.3 Å². The Balaban J connectivity index is 1.82. The smallest absolute Gasteiger partial charge is 0.487 e. The maximum Gasteiger partial charge on any atom is 0.573 e. The second kappa shape index (κ2) is 5.48. The van der Waals surface area contributed by atoms with Crippen molar-refractivity contribution in [1.82, 2.24) is 19.8 Å². The lowest BCUT2D eigenvalue weighted by molar-refractivity contribution is -0.274. The van der Waals surface area contributed by atoms with E-state index in [0.29, 0.717) is 23.4 Å². The van der Waals surface area contributed by atoms with E-state index in [9.17, 15) is 13.2 Å². The van der Waals surface area contributed by atoms with Gasteiger partial charge in [-0.3, -0.25) is 0 Å². The summed E-state index contributed by atoms with van der Waals surface area (Å²) in [5.74, 6) is 0.368. The Morgan fingerprint density at radius 2 is 2.12 bits per heavy atom. The summed E-state index contributed by atoms with van der Waals surface area (Å²) in [7, 11) is 0. The summed E-state index contributed by atoms with van der Waals surface area (Å²) in [4.78, 5) is 0. The van der Waals surface area contributed by atoms with Crippen LogP contribution in [0.2, 0.25) is 5.15 Å². The number of hydrogen-bond donors (Lipinski definition) is 0. The Bertz CT molecular complexity index is 973. The fourth-order valence-electron chi connectivity index (χ4n) is 2.77. The zero-order chi connectivity index (χ0) is 17.8. The number of aromatic nitrogens is 4. The molecule has 1 aliphatic heterocycles. The van der Waals surface area contributed by atoms with Crippen molar-refractivity contribution in [3.05, 3.63) is 35.0 Å². The highest BCUT2D eigenvalue weighted by Gasteiger charge is 2.32. The predicted molar refractivity (Wildman–Crippen MR) is 81.7 cm³/mol. The average Bonchev–Trinajstić information content (AvgIpc) is 3.09. The first-order chi connectivity index (χ1) is 11.8. The monoisotopic (exact) mass is 370 g/mol. The van der Waals surface area contributed by atoms with Crippen molar-refractivity contribution < 1.29 is 22.6 Å². The fourth-order valence-corrected chi connectivity index (χ4v) is 3.00. The van der Waals surface area contributed by atoms with Crippen molar-refractivity contribution in [2.45, 2.75) is 25.8 Å². The van der Waals surface area contributed by atoms with Gasteiger partial charge >= 0.3 is 6.36 Å². The second-order valence-corrected chi connectivity index (χ2v) is 5.92. The third-order valence-corrected chi connectivity index (χ3v) is 3.94. The molecule has 0 fully saturated rings. The van der Waals surface area contributed by atoms with E-state index in [1.807, 2.05) is 6.92 Å². The summed E-state index contributed by atoms with van der Waals surface area (Å²) in [5, 5.41) is 12.5. The molecule has 0 bridgehead atoms. The molecule has 0 spiro atoms. The van der Waals surface area contributed by atoms with Crippen LogP contribution in [0.1, 0.15) is 12.5 Å². The summed E-state index contributed by atoms with van der Waals surface area (Å²) < 4.78 is 48.2. The molecule has 0 saturated carbocycles. The Hall–Kier alpha value is -2.55. The molecular weight excluding hydrogens is 361 g/mol. The van der Waals surface area contributed by atoms with Gasteiger partial charge in [0.05, 0.1) is 0 Å². The highest BCUT2D eigenvalue weighted by Crippen LogP contribution is 2.37. The molecule has 3 heterocycles. The molecule has 4 rings (SSSR count). The van der Waals surface area contributed by atoms with E-state index in [0.717, 1.165) is 5.56 Å². The third kappa shape index (κ3) is 2.84. The molecule has 1 unspecified atom stereocenters. The van der Waals surface area contributed by atoms with E-state index in [4.69, 9.17) is 16.3 Å². The van der Waals surface area contributed by atoms with Crippen LogP contribution >= 0.6 is 11.6 Å².